The SMILES string of the molecule is O=C(NCc1cccnc1N1CCN(c2ccccn2)CC1)C1CNNC1. The monoisotopic (exact) mass is 367 g/mol. The minimum atomic E-state index is -0.0213. The van der Waals surface area contributed by atoms with E-state index >= 15 is 0 Å². The van der Waals surface area contributed by atoms with E-state index in [1.165, 1.54) is 0 Å². The number of nitrogens with one attached hydrogen (secondary N) is 3. The minimum Gasteiger partial charge on any atom is -0.353 e. The molecule has 4 heterocycles. The van der Waals surface area contributed by atoms with E-state index in [2.05, 4.69) is 35.9 Å². The molecule has 1 amide bonds. The number of pyridine rings is 2. The third-order valence-corrected chi connectivity index (χ3v) is 5.07. The normalized spacial score (nSPS) is 17.9. The Morgan fingerprint density at radius 1 is 1.00 bits per heavy atom. The van der Waals surface area contributed by atoms with Crippen molar-refractivity contribution in [1.82, 2.24) is 26.1 Å². The third kappa shape index (κ3) is 4.17. The Hall–Kier alpha value is -2.71. The van der Waals surface area contributed by atoms with E-state index in [4.69, 9.17) is 0 Å². The number of piperazine rings is 1. The smallest absolute Gasteiger partial charge is 0.226 e. The van der Waals surface area contributed by atoms with Gasteiger partial charge in [-0.1, -0.05) is 12.1 Å². The zero-order chi connectivity index (χ0) is 18.5. The number of hydrazine groups is 1. The number of hydrogen-bond acceptors (Lipinski definition) is 7. The minimum absolute atomic E-state index is 0.0213. The molecule has 142 valence electrons. The summed E-state index contributed by atoms with van der Waals surface area (Å²) in [6.07, 6.45) is 3.65. The second-order valence-electron chi connectivity index (χ2n) is 6.82. The van der Waals surface area contributed by atoms with Gasteiger partial charge in [0.2, 0.25) is 5.91 Å². The van der Waals surface area contributed by atoms with E-state index in [9.17, 15) is 4.79 Å². The Morgan fingerprint density at radius 3 is 2.48 bits per heavy atom. The number of carbonyl (C=O) groups excluding carboxylic acids is 1. The van der Waals surface area contributed by atoms with Crippen LogP contribution in [0, 0.1) is 5.92 Å². The molecule has 0 spiro atoms. The van der Waals surface area contributed by atoms with Gasteiger partial charge >= 0.3 is 0 Å². The average Bonchev–Trinajstić information content (AvgIpc) is 3.28. The number of hydrogen-bond donors (Lipinski definition) is 3. The maximum atomic E-state index is 12.3. The van der Waals surface area contributed by atoms with Crippen LogP contribution in [0.25, 0.3) is 0 Å². The first-order valence-corrected chi connectivity index (χ1v) is 9.39. The summed E-state index contributed by atoms with van der Waals surface area (Å²) in [6, 6.07) is 9.96. The highest BCUT2D eigenvalue weighted by Gasteiger charge is 2.24. The highest BCUT2D eigenvalue weighted by molar-refractivity contribution is 5.79. The molecule has 0 aromatic carbocycles. The van der Waals surface area contributed by atoms with Gasteiger partial charge in [-0.2, -0.15) is 0 Å². The van der Waals surface area contributed by atoms with Gasteiger partial charge in [-0.15, -0.1) is 0 Å². The van der Waals surface area contributed by atoms with Crippen molar-refractivity contribution in [3.63, 3.8) is 0 Å². The molecule has 27 heavy (non-hydrogen) atoms. The standard InChI is InChI=1S/C19H25N7O/c27-19(16-13-23-24-14-16)22-12-15-4-3-7-21-18(15)26-10-8-25(9-11-26)17-5-1-2-6-20-17/h1-7,16,23-24H,8-14H2,(H,22,27). The number of aromatic nitrogens is 2. The Labute approximate surface area is 159 Å². The number of rotatable bonds is 5. The van der Waals surface area contributed by atoms with Crippen LogP contribution in [0.2, 0.25) is 0 Å². The first kappa shape index (κ1) is 17.7. The fourth-order valence-corrected chi connectivity index (χ4v) is 3.52. The average molecular weight is 367 g/mol. The highest BCUT2D eigenvalue weighted by atomic mass is 16.2. The van der Waals surface area contributed by atoms with Gasteiger partial charge in [0.1, 0.15) is 11.6 Å². The molecule has 0 aliphatic carbocycles. The molecule has 8 nitrogen and oxygen atoms in total. The fraction of sp³-hybridized carbons (Fsp3) is 0.421. The molecule has 4 rings (SSSR count). The molecule has 0 bridgehead atoms. The maximum Gasteiger partial charge on any atom is 0.226 e. The summed E-state index contributed by atoms with van der Waals surface area (Å²) in [4.78, 5) is 25.9. The van der Waals surface area contributed by atoms with E-state index < -0.39 is 0 Å². The van der Waals surface area contributed by atoms with Crippen molar-refractivity contribution >= 4 is 17.5 Å². The summed E-state index contributed by atoms with van der Waals surface area (Å²) in [6.45, 7) is 5.40. The zero-order valence-electron chi connectivity index (χ0n) is 15.3. The van der Waals surface area contributed by atoms with Crippen molar-refractivity contribution in [3.8, 4) is 0 Å². The first-order chi connectivity index (χ1) is 13.3. The van der Waals surface area contributed by atoms with E-state index in [-0.39, 0.29) is 11.8 Å². The van der Waals surface area contributed by atoms with Crippen molar-refractivity contribution in [1.29, 1.82) is 0 Å². The predicted octanol–water partition coefficient (Wildman–Crippen LogP) is 0.143. The molecule has 2 aromatic rings. The van der Waals surface area contributed by atoms with Crippen LogP contribution >= 0.6 is 0 Å². The van der Waals surface area contributed by atoms with E-state index in [0.29, 0.717) is 19.6 Å². The zero-order valence-corrected chi connectivity index (χ0v) is 15.3. The lowest BCUT2D eigenvalue weighted by atomic mass is 10.1. The second kappa shape index (κ2) is 8.32. The summed E-state index contributed by atoms with van der Waals surface area (Å²) < 4.78 is 0. The van der Waals surface area contributed by atoms with Crippen molar-refractivity contribution in [3.05, 3.63) is 48.3 Å². The summed E-state index contributed by atoms with van der Waals surface area (Å²) in [5.74, 6) is 2.03. The van der Waals surface area contributed by atoms with Gasteiger partial charge in [0, 0.05) is 63.8 Å². The molecular formula is C19H25N7O. The maximum absolute atomic E-state index is 12.3. The summed E-state index contributed by atoms with van der Waals surface area (Å²) in [5, 5.41) is 3.05. The highest BCUT2D eigenvalue weighted by Crippen LogP contribution is 2.21. The molecule has 2 aliphatic rings. The molecule has 8 heteroatoms. The van der Waals surface area contributed by atoms with Crippen LogP contribution < -0.4 is 26.0 Å². The molecule has 3 N–H and O–H groups in total. The van der Waals surface area contributed by atoms with Gasteiger partial charge in [0.15, 0.2) is 0 Å². The number of nitrogens with zero attached hydrogens (tertiary/aromatic N) is 4. The molecule has 2 fully saturated rings. The van der Waals surface area contributed by atoms with Crippen molar-refractivity contribution in [2.75, 3.05) is 49.1 Å². The van der Waals surface area contributed by atoms with E-state index in [1.807, 2.05) is 42.7 Å². The molecule has 2 aliphatic heterocycles. The van der Waals surface area contributed by atoms with Crippen molar-refractivity contribution < 1.29 is 4.79 Å². The lowest BCUT2D eigenvalue weighted by Gasteiger charge is -2.36. The van der Waals surface area contributed by atoms with Crippen LogP contribution in [-0.2, 0) is 11.3 Å². The summed E-state index contributed by atoms with van der Waals surface area (Å²) in [7, 11) is 0. The summed E-state index contributed by atoms with van der Waals surface area (Å²) in [5.41, 5.74) is 7.03. The molecule has 2 aromatic heterocycles. The Bertz CT molecular complexity index is 756. The first-order valence-electron chi connectivity index (χ1n) is 9.39. The van der Waals surface area contributed by atoms with Gasteiger partial charge in [0.25, 0.3) is 0 Å². The molecule has 0 unspecified atom stereocenters. The third-order valence-electron chi connectivity index (χ3n) is 5.07. The van der Waals surface area contributed by atoms with Gasteiger partial charge in [-0.3, -0.25) is 15.6 Å². The number of carbonyl (C=O) groups is 1. The molecule has 2 saturated heterocycles. The van der Waals surface area contributed by atoms with Gasteiger partial charge < -0.3 is 15.1 Å². The van der Waals surface area contributed by atoms with Crippen LogP contribution in [-0.4, -0.2) is 55.1 Å². The van der Waals surface area contributed by atoms with Crippen LogP contribution in [0.3, 0.4) is 0 Å². The topological polar surface area (TPSA) is 85.4 Å². The molecular weight excluding hydrogens is 342 g/mol. The van der Waals surface area contributed by atoms with Crippen LogP contribution in [0.1, 0.15) is 5.56 Å². The number of anilines is 2. The lowest BCUT2D eigenvalue weighted by Crippen LogP contribution is -2.47. The lowest BCUT2D eigenvalue weighted by molar-refractivity contribution is -0.124. The summed E-state index contributed by atoms with van der Waals surface area (Å²) >= 11 is 0. The Morgan fingerprint density at radius 2 is 1.74 bits per heavy atom. The molecule has 0 radical (unpaired) electrons. The second-order valence-corrected chi connectivity index (χ2v) is 6.82. The number of amides is 1. The Kier molecular flexibility index (Phi) is 5.45. The van der Waals surface area contributed by atoms with Gasteiger partial charge in [-0.25, -0.2) is 9.97 Å². The molecule has 0 atom stereocenters. The quantitative estimate of drug-likeness (QED) is 0.693. The van der Waals surface area contributed by atoms with Gasteiger partial charge in [0.05, 0.1) is 5.92 Å². The van der Waals surface area contributed by atoms with E-state index in [1.54, 1.807) is 0 Å². The van der Waals surface area contributed by atoms with E-state index in [0.717, 1.165) is 43.4 Å². The Balaban J connectivity index is 1.37. The van der Waals surface area contributed by atoms with Crippen LogP contribution in [0.15, 0.2) is 42.7 Å². The van der Waals surface area contributed by atoms with Gasteiger partial charge in [-0.05, 0) is 18.2 Å². The predicted molar refractivity (Wildman–Crippen MR) is 104 cm³/mol. The largest absolute Gasteiger partial charge is 0.353 e. The van der Waals surface area contributed by atoms with Crippen LogP contribution in [0.4, 0.5) is 11.6 Å². The fourth-order valence-electron chi connectivity index (χ4n) is 3.52. The molecule has 0 saturated carbocycles. The van der Waals surface area contributed by atoms with Crippen molar-refractivity contribution in [2.24, 2.45) is 5.92 Å². The van der Waals surface area contributed by atoms with Crippen LogP contribution in [0.5, 0.6) is 0 Å². The van der Waals surface area contributed by atoms with Crippen molar-refractivity contribution in [2.45, 2.75) is 6.54 Å².